The Bertz CT molecular complexity index is 603. The molecule has 0 aliphatic rings. The summed E-state index contributed by atoms with van der Waals surface area (Å²) >= 11 is 0. The smallest absolute Gasteiger partial charge is 0.225 e. The van der Waals surface area contributed by atoms with E-state index in [1.165, 1.54) is 6.07 Å². The van der Waals surface area contributed by atoms with E-state index in [-0.39, 0.29) is 24.2 Å². The third-order valence-electron chi connectivity index (χ3n) is 3.27. The molecule has 0 spiro atoms. The molecule has 1 amide bonds. The molecule has 1 heterocycles. The number of carbonyl (C=O) groups is 1. The highest BCUT2D eigenvalue weighted by molar-refractivity contribution is 5.79. The maximum Gasteiger partial charge on any atom is 0.225 e. The van der Waals surface area contributed by atoms with Crippen LogP contribution in [0, 0.1) is 19.7 Å². The van der Waals surface area contributed by atoms with Gasteiger partial charge in [0.05, 0.1) is 18.2 Å². The molecule has 1 aromatic heterocycles. The molecule has 4 nitrogen and oxygen atoms in total. The number of nitrogens with one attached hydrogen (secondary N) is 1. The molecule has 2 rings (SSSR count). The lowest BCUT2D eigenvalue weighted by Crippen LogP contribution is -2.28. The standard InChI is InChI=1S/C15H17FN2O2/c1-9(12-6-4-5-7-14(12)16)17-15(19)8-13-10(2)18-20-11(13)3/h4-7,9H,8H2,1-3H3,(H,17,19)/t9-/m0/s1. The van der Waals surface area contributed by atoms with Crippen LogP contribution in [0.5, 0.6) is 0 Å². The van der Waals surface area contributed by atoms with Crippen molar-refractivity contribution in [3.63, 3.8) is 0 Å². The van der Waals surface area contributed by atoms with E-state index < -0.39 is 0 Å². The fourth-order valence-corrected chi connectivity index (χ4v) is 2.11. The molecule has 1 N–H and O–H groups in total. The molecule has 0 saturated heterocycles. The lowest BCUT2D eigenvalue weighted by atomic mass is 10.1. The second-order valence-corrected chi connectivity index (χ2v) is 4.79. The number of amides is 1. The minimum Gasteiger partial charge on any atom is -0.361 e. The summed E-state index contributed by atoms with van der Waals surface area (Å²) in [5.74, 6) is 0.129. The van der Waals surface area contributed by atoms with Crippen molar-refractivity contribution in [3.05, 3.63) is 52.7 Å². The fourth-order valence-electron chi connectivity index (χ4n) is 2.11. The molecule has 0 aliphatic heterocycles. The van der Waals surface area contributed by atoms with Gasteiger partial charge in [0.15, 0.2) is 0 Å². The summed E-state index contributed by atoms with van der Waals surface area (Å²) in [4.78, 5) is 12.0. The highest BCUT2D eigenvalue weighted by Gasteiger charge is 2.17. The normalized spacial score (nSPS) is 12.2. The summed E-state index contributed by atoms with van der Waals surface area (Å²) < 4.78 is 18.6. The lowest BCUT2D eigenvalue weighted by Gasteiger charge is -2.15. The molecular formula is C15H17FN2O2. The van der Waals surface area contributed by atoms with Crippen LogP contribution in [0.1, 0.15) is 35.5 Å². The van der Waals surface area contributed by atoms with Crippen LogP contribution in [0.15, 0.2) is 28.8 Å². The number of hydrogen-bond acceptors (Lipinski definition) is 3. The summed E-state index contributed by atoms with van der Waals surface area (Å²) in [6.45, 7) is 5.31. The van der Waals surface area contributed by atoms with Gasteiger partial charge in [-0.05, 0) is 26.8 Å². The summed E-state index contributed by atoms with van der Waals surface area (Å²) in [6, 6.07) is 6.03. The van der Waals surface area contributed by atoms with Crippen molar-refractivity contribution in [2.24, 2.45) is 0 Å². The second kappa shape index (κ2) is 5.86. The van der Waals surface area contributed by atoms with Crippen molar-refractivity contribution in [2.45, 2.75) is 33.2 Å². The molecule has 0 aliphatic carbocycles. The van der Waals surface area contributed by atoms with E-state index in [9.17, 15) is 9.18 Å². The average molecular weight is 276 g/mol. The summed E-state index contributed by atoms with van der Waals surface area (Å²) in [5.41, 5.74) is 1.96. The van der Waals surface area contributed by atoms with Crippen molar-refractivity contribution in [2.75, 3.05) is 0 Å². The molecule has 0 bridgehead atoms. The second-order valence-electron chi connectivity index (χ2n) is 4.79. The highest BCUT2D eigenvalue weighted by Crippen LogP contribution is 2.17. The van der Waals surface area contributed by atoms with Crippen molar-refractivity contribution in [1.82, 2.24) is 10.5 Å². The molecule has 0 unspecified atom stereocenters. The Morgan fingerprint density at radius 2 is 2.10 bits per heavy atom. The molecule has 2 aromatic rings. The molecule has 0 radical (unpaired) electrons. The first-order chi connectivity index (χ1) is 9.49. The maximum absolute atomic E-state index is 13.6. The molecule has 0 saturated carbocycles. The van der Waals surface area contributed by atoms with Gasteiger partial charge >= 0.3 is 0 Å². The van der Waals surface area contributed by atoms with Crippen molar-refractivity contribution in [3.8, 4) is 0 Å². The Kier molecular flexibility index (Phi) is 4.17. The first-order valence-corrected chi connectivity index (χ1v) is 6.44. The van der Waals surface area contributed by atoms with Gasteiger partial charge in [0.2, 0.25) is 5.91 Å². The largest absolute Gasteiger partial charge is 0.361 e. The van der Waals surface area contributed by atoms with Gasteiger partial charge in [-0.25, -0.2) is 4.39 Å². The van der Waals surface area contributed by atoms with Crippen LogP contribution in [-0.4, -0.2) is 11.1 Å². The minimum absolute atomic E-state index is 0.181. The van der Waals surface area contributed by atoms with Gasteiger partial charge in [-0.3, -0.25) is 4.79 Å². The topological polar surface area (TPSA) is 55.1 Å². The number of nitrogens with zero attached hydrogens (tertiary/aromatic N) is 1. The fraction of sp³-hybridized carbons (Fsp3) is 0.333. The zero-order chi connectivity index (χ0) is 14.7. The molecule has 106 valence electrons. The average Bonchev–Trinajstić information content (AvgIpc) is 2.71. The molecule has 0 fully saturated rings. The SMILES string of the molecule is Cc1noc(C)c1CC(=O)N[C@@H](C)c1ccccc1F. The van der Waals surface area contributed by atoms with Crippen molar-refractivity contribution >= 4 is 5.91 Å². The Morgan fingerprint density at radius 1 is 1.40 bits per heavy atom. The molecule has 5 heteroatoms. The third kappa shape index (κ3) is 3.04. The Hall–Kier alpha value is -2.17. The van der Waals surface area contributed by atoms with E-state index in [1.807, 2.05) is 0 Å². The van der Waals surface area contributed by atoms with E-state index in [0.29, 0.717) is 17.0 Å². The Labute approximate surface area is 117 Å². The van der Waals surface area contributed by atoms with Gasteiger partial charge in [0.1, 0.15) is 11.6 Å². The Balaban J connectivity index is 2.04. The summed E-state index contributed by atoms with van der Waals surface area (Å²) in [7, 11) is 0. The number of carbonyl (C=O) groups excluding carboxylic acids is 1. The van der Waals surface area contributed by atoms with E-state index in [2.05, 4.69) is 10.5 Å². The van der Waals surface area contributed by atoms with Gasteiger partial charge in [0.25, 0.3) is 0 Å². The van der Waals surface area contributed by atoms with Crippen LogP contribution in [-0.2, 0) is 11.2 Å². The van der Waals surface area contributed by atoms with Crippen molar-refractivity contribution in [1.29, 1.82) is 0 Å². The third-order valence-corrected chi connectivity index (χ3v) is 3.27. The van der Waals surface area contributed by atoms with Crippen LogP contribution < -0.4 is 5.32 Å². The zero-order valence-electron chi connectivity index (χ0n) is 11.7. The number of aryl methyl sites for hydroxylation is 2. The van der Waals surface area contributed by atoms with E-state index >= 15 is 0 Å². The lowest BCUT2D eigenvalue weighted by molar-refractivity contribution is -0.121. The first-order valence-electron chi connectivity index (χ1n) is 6.44. The van der Waals surface area contributed by atoms with Crippen LogP contribution in [0.4, 0.5) is 4.39 Å². The number of hydrogen-bond donors (Lipinski definition) is 1. The predicted octanol–water partition coefficient (Wildman–Crippen LogP) is 2.85. The van der Waals surface area contributed by atoms with Crippen LogP contribution >= 0.6 is 0 Å². The van der Waals surface area contributed by atoms with Gasteiger partial charge in [-0.1, -0.05) is 23.4 Å². The monoisotopic (exact) mass is 276 g/mol. The molecule has 1 aromatic carbocycles. The molecule has 1 atom stereocenters. The number of benzene rings is 1. The summed E-state index contributed by atoms with van der Waals surface area (Å²) in [5, 5.41) is 6.59. The summed E-state index contributed by atoms with van der Waals surface area (Å²) in [6.07, 6.45) is 0.181. The Morgan fingerprint density at radius 3 is 2.70 bits per heavy atom. The minimum atomic E-state index is -0.385. The quantitative estimate of drug-likeness (QED) is 0.934. The van der Waals surface area contributed by atoms with Crippen LogP contribution in [0.3, 0.4) is 0 Å². The predicted molar refractivity (Wildman–Crippen MR) is 72.6 cm³/mol. The zero-order valence-corrected chi connectivity index (χ0v) is 11.7. The van der Waals surface area contributed by atoms with Crippen LogP contribution in [0.2, 0.25) is 0 Å². The van der Waals surface area contributed by atoms with Crippen molar-refractivity contribution < 1.29 is 13.7 Å². The first kappa shape index (κ1) is 14.2. The van der Waals surface area contributed by atoms with Gasteiger partial charge in [-0.2, -0.15) is 0 Å². The van der Waals surface area contributed by atoms with Crippen LogP contribution in [0.25, 0.3) is 0 Å². The molecule has 20 heavy (non-hydrogen) atoms. The van der Waals surface area contributed by atoms with Gasteiger partial charge in [0, 0.05) is 11.1 Å². The van der Waals surface area contributed by atoms with Gasteiger partial charge in [-0.15, -0.1) is 0 Å². The van der Waals surface area contributed by atoms with Gasteiger partial charge < -0.3 is 9.84 Å². The number of halogens is 1. The van der Waals surface area contributed by atoms with E-state index in [0.717, 1.165) is 5.56 Å². The number of aromatic nitrogens is 1. The maximum atomic E-state index is 13.6. The number of rotatable bonds is 4. The molecular weight excluding hydrogens is 259 g/mol. The van der Waals surface area contributed by atoms with E-state index in [1.54, 1.807) is 39.0 Å². The van der Waals surface area contributed by atoms with E-state index in [4.69, 9.17) is 4.52 Å². The highest BCUT2D eigenvalue weighted by atomic mass is 19.1.